The van der Waals surface area contributed by atoms with Crippen LogP contribution in [-0.2, 0) is 21.5 Å². The Bertz CT molecular complexity index is 1090. The summed E-state index contributed by atoms with van der Waals surface area (Å²) in [4.78, 5) is 24.5. The second-order valence-electron chi connectivity index (χ2n) is 9.12. The lowest BCUT2D eigenvalue weighted by molar-refractivity contribution is -0.137. The molecule has 1 unspecified atom stereocenters. The van der Waals surface area contributed by atoms with Crippen LogP contribution in [0.3, 0.4) is 0 Å². The monoisotopic (exact) mass is 434 g/mol. The lowest BCUT2D eigenvalue weighted by Gasteiger charge is -2.45. The Hall–Kier alpha value is -2.93. The van der Waals surface area contributed by atoms with Gasteiger partial charge in [-0.3, -0.25) is 9.69 Å². The lowest BCUT2D eigenvalue weighted by atomic mass is 9.61. The van der Waals surface area contributed by atoms with Gasteiger partial charge in [-0.2, -0.15) is 0 Å². The van der Waals surface area contributed by atoms with Gasteiger partial charge >= 0.3 is 0 Å². The number of aromatic nitrogens is 1. The number of nitrogens with zero attached hydrogens (tertiary/aromatic N) is 3. The van der Waals surface area contributed by atoms with Crippen LogP contribution in [0.5, 0.6) is 5.88 Å². The SMILES string of the molecule is CCOc1cc(-c2ccc3c(c2)C2(N=C(N)N(C)C2=O)C2(CCC(OC)CC2)C3)ccn1. The van der Waals surface area contributed by atoms with Gasteiger partial charge in [-0.05, 0) is 73.4 Å². The largest absolute Gasteiger partial charge is 0.478 e. The molecule has 5 rings (SSSR count). The Morgan fingerprint density at radius 3 is 2.59 bits per heavy atom. The van der Waals surface area contributed by atoms with Gasteiger partial charge in [0.05, 0.1) is 12.7 Å². The molecular weight excluding hydrogens is 404 g/mol. The maximum atomic E-state index is 13.8. The number of fused-ring (bicyclic) bond motifs is 3. The topological polar surface area (TPSA) is 90.0 Å². The number of hydrogen-bond donors (Lipinski definition) is 1. The number of ether oxygens (including phenoxy) is 2. The number of nitrogens with two attached hydrogens (primary N) is 1. The molecule has 1 fully saturated rings. The highest BCUT2D eigenvalue weighted by Gasteiger charge is 2.66. The van der Waals surface area contributed by atoms with E-state index >= 15 is 0 Å². The normalized spacial score (nSPS) is 29.0. The van der Waals surface area contributed by atoms with E-state index in [0.717, 1.165) is 48.8 Å². The summed E-state index contributed by atoms with van der Waals surface area (Å²) < 4.78 is 11.2. The second kappa shape index (κ2) is 7.59. The first-order valence-corrected chi connectivity index (χ1v) is 11.3. The van der Waals surface area contributed by atoms with E-state index < -0.39 is 5.54 Å². The number of carbonyl (C=O) groups excluding carboxylic acids is 1. The maximum absolute atomic E-state index is 13.8. The van der Waals surface area contributed by atoms with Crippen molar-refractivity contribution < 1.29 is 14.3 Å². The predicted molar refractivity (Wildman–Crippen MR) is 122 cm³/mol. The van der Waals surface area contributed by atoms with E-state index in [1.54, 1.807) is 20.4 Å². The molecule has 0 radical (unpaired) electrons. The zero-order valence-electron chi connectivity index (χ0n) is 18.9. The minimum Gasteiger partial charge on any atom is -0.478 e. The van der Waals surface area contributed by atoms with E-state index in [9.17, 15) is 4.79 Å². The number of aliphatic imine (C=N–C) groups is 1. The van der Waals surface area contributed by atoms with Gasteiger partial charge < -0.3 is 15.2 Å². The molecule has 32 heavy (non-hydrogen) atoms. The molecule has 3 aliphatic rings. The number of methoxy groups -OCH3 is 1. The summed E-state index contributed by atoms with van der Waals surface area (Å²) in [5, 5.41) is 0. The minimum absolute atomic E-state index is 0.0218. The van der Waals surface area contributed by atoms with Crippen molar-refractivity contribution in [3.05, 3.63) is 47.7 Å². The van der Waals surface area contributed by atoms with E-state index in [-0.39, 0.29) is 17.4 Å². The highest BCUT2D eigenvalue weighted by atomic mass is 16.5. The molecule has 2 N–H and O–H groups in total. The minimum atomic E-state index is -0.967. The standard InChI is InChI=1S/C25H30N4O3/c1-4-32-21-14-17(9-12-27-21)16-5-6-18-15-24(10-7-19(31-3)8-11-24)25(20(18)13-16)22(30)29(2)23(26)28-25/h5-6,9,12-14,19H,4,7-8,10-11,15H2,1-3H3,(H2,26,28). The second-order valence-corrected chi connectivity index (χ2v) is 9.12. The number of likely N-dealkylation sites (N-methyl/N-ethyl adjacent to an activating group) is 1. The Balaban J connectivity index is 1.63. The van der Waals surface area contributed by atoms with Crippen molar-refractivity contribution >= 4 is 11.9 Å². The molecule has 7 nitrogen and oxygen atoms in total. The molecule has 1 aliphatic heterocycles. The summed E-state index contributed by atoms with van der Waals surface area (Å²) in [5.41, 5.74) is 9.18. The van der Waals surface area contributed by atoms with Crippen molar-refractivity contribution in [2.75, 3.05) is 20.8 Å². The maximum Gasteiger partial charge on any atom is 0.262 e. The Kier molecular flexibility index (Phi) is 4.97. The van der Waals surface area contributed by atoms with Crippen LogP contribution in [0.4, 0.5) is 0 Å². The van der Waals surface area contributed by atoms with E-state index in [1.165, 1.54) is 10.5 Å². The van der Waals surface area contributed by atoms with Gasteiger partial charge in [0, 0.05) is 31.8 Å². The fourth-order valence-electron chi connectivity index (χ4n) is 5.92. The third kappa shape index (κ3) is 2.87. The zero-order valence-corrected chi connectivity index (χ0v) is 18.9. The molecule has 1 atom stereocenters. The van der Waals surface area contributed by atoms with Crippen LogP contribution < -0.4 is 10.5 Å². The molecule has 1 aromatic carbocycles. The smallest absolute Gasteiger partial charge is 0.262 e. The van der Waals surface area contributed by atoms with Crippen molar-refractivity contribution in [2.45, 2.75) is 50.7 Å². The van der Waals surface area contributed by atoms with Crippen molar-refractivity contribution in [1.29, 1.82) is 0 Å². The summed E-state index contributed by atoms with van der Waals surface area (Å²) in [5.74, 6) is 0.865. The highest BCUT2D eigenvalue weighted by Crippen LogP contribution is 2.62. The molecule has 2 aliphatic carbocycles. The molecular formula is C25H30N4O3. The molecule has 7 heteroatoms. The lowest BCUT2D eigenvalue weighted by Crippen LogP contribution is -2.51. The molecule has 2 spiro atoms. The average Bonchev–Trinajstić information content (AvgIpc) is 3.21. The molecule has 1 saturated carbocycles. The van der Waals surface area contributed by atoms with Crippen molar-refractivity contribution in [2.24, 2.45) is 16.1 Å². The summed E-state index contributed by atoms with van der Waals surface area (Å²) >= 11 is 0. The molecule has 2 aromatic rings. The highest BCUT2D eigenvalue weighted by molar-refractivity contribution is 6.08. The third-order valence-electron chi connectivity index (χ3n) is 7.62. The Morgan fingerprint density at radius 2 is 1.94 bits per heavy atom. The number of guanidine groups is 1. The van der Waals surface area contributed by atoms with Crippen molar-refractivity contribution in [1.82, 2.24) is 9.88 Å². The fraction of sp³-hybridized carbons (Fsp3) is 0.480. The quantitative estimate of drug-likeness (QED) is 0.798. The predicted octanol–water partition coefficient (Wildman–Crippen LogP) is 3.26. The van der Waals surface area contributed by atoms with Crippen molar-refractivity contribution in [3.8, 4) is 17.0 Å². The summed E-state index contributed by atoms with van der Waals surface area (Å²) in [6.45, 7) is 2.50. The number of hydrogen-bond acceptors (Lipinski definition) is 6. The Labute approximate surface area is 188 Å². The number of carbonyl (C=O) groups is 1. The summed E-state index contributed by atoms with van der Waals surface area (Å²) in [7, 11) is 3.49. The summed E-state index contributed by atoms with van der Waals surface area (Å²) in [6, 6.07) is 10.3. The van der Waals surface area contributed by atoms with E-state index in [4.69, 9.17) is 20.2 Å². The van der Waals surface area contributed by atoms with Crippen LogP contribution in [0, 0.1) is 5.41 Å². The molecule has 168 valence electrons. The van der Waals surface area contributed by atoms with Gasteiger partial charge in [-0.1, -0.05) is 12.1 Å². The van der Waals surface area contributed by atoms with E-state index in [1.807, 2.05) is 19.1 Å². The number of benzene rings is 1. The van der Waals surface area contributed by atoms with Crippen LogP contribution in [-0.4, -0.2) is 48.6 Å². The van der Waals surface area contributed by atoms with Crippen LogP contribution in [0.15, 0.2) is 41.5 Å². The van der Waals surface area contributed by atoms with Crippen LogP contribution in [0.2, 0.25) is 0 Å². The first kappa shape index (κ1) is 20.9. The first-order valence-electron chi connectivity index (χ1n) is 11.3. The molecule has 0 bridgehead atoms. The summed E-state index contributed by atoms with van der Waals surface area (Å²) in [6.07, 6.45) is 6.44. The van der Waals surface area contributed by atoms with Crippen LogP contribution in [0.1, 0.15) is 43.7 Å². The van der Waals surface area contributed by atoms with E-state index in [0.29, 0.717) is 18.4 Å². The van der Waals surface area contributed by atoms with Crippen molar-refractivity contribution in [3.63, 3.8) is 0 Å². The van der Waals surface area contributed by atoms with Gasteiger partial charge in [-0.15, -0.1) is 0 Å². The average molecular weight is 435 g/mol. The van der Waals surface area contributed by atoms with Gasteiger partial charge in [0.1, 0.15) is 0 Å². The first-order chi connectivity index (χ1) is 15.4. The molecule has 1 amide bonds. The van der Waals surface area contributed by atoms with Gasteiger partial charge in [0.25, 0.3) is 5.91 Å². The van der Waals surface area contributed by atoms with Gasteiger partial charge in [-0.25, -0.2) is 9.98 Å². The number of amides is 1. The molecule has 2 heterocycles. The third-order valence-corrected chi connectivity index (χ3v) is 7.62. The zero-order chi connectivity index (χ0) is 22.5. The van der Waals surface area contributed by atoms with Gasteiger partial charge in [0.2, 0.25) is 5.88 Å². The number of rotatable bonds is 4. The Morgan fingerprint density at radius 1 is 1.19 bits per heavy atom. The van der Waals surface area contributed by atoms with Gasteiger partial charge in [0.15, 0.2) is 11.5 Å². The number of pyridine rings is 1. The van der Waals surface area contributed by atoms with E-state index in [2.05, 4.69) is 23.2 Å². The molecule has 0 saturated heterocycles. The van der Waals surface area contributed by atoms with Crippen LogP contribution in [0.25, 0.3) is 11.1 Å². The molecule has 1 aromatic heterocycles. The van der Waals surface area contributed by atoms with Crippen LogP contribution >= 0.6 is 0 Å². The fourth-order valence-corrected chi connectivity index (χ4v) is 5.92.